The topological polar surface area (TPSA) is 114 Å². The minimum atomic E-state index is -3.59. The molecule has 0 amide bonds. The molecule has 1 aliphatic rings. The highest BCUT2D eigenvalue weighted by Crippen LogP contribution is 2.32. The number of sulfonamides is 1. The van der Waals surface area contributed by atoms with E-state index in [1.165, 1.54) is 10.4 Å². The zero-order chi connectivity index (χ0) is 28.0. The van der Waals surface area contributed by atoms with E-state index in [1.54, 1.807) is 50.2 Å². The summed E-state index contributed by atoms with van der Waals surface area (Å²) in [5.74, 6) is 1.26. The Bertz CT molecular complexity index is 1410. The fourth-order valence-electron chi connectivity index (χ4n) is 4.48. The van der Waals surface area contributed by atoms with Crippen molar-refractivity contribution in [2.45, 2.75) is 16.2 Å². The quantitative estimate of drug-likeness (QED) is 0.202. The van der Waals surface area contributed by atoms with Crippen LogP contribution in [0.4, 0.5) is 17.1 Å². The van der Waals surface area contributed by atoms with Crippen molar-refractivity contribution in [2.75, 3.05) is 63.4 Å². The molecule has 0 radical (unpaired) electrons. The molecule has 0 aliphatic carbocycles. The Morgan fingerprint density at radius 1 is 0.949 bits per heavy atom. The summed E-state index contributed by atoms with van der Waals surface area (Å²) >= 11 is 1.56. The fraction of sp³-hybridized carbons (Fsp3) is 0.333. The molecule has 0 aromatic heterocycles. The van der Waals surface area contributed by atoms with Gasteiger partial charge in [-0.05, 0) is 66.8 Å². The first-order valence-electron chi connectivity index (χ1n) is 12.4. The van der Waals surface area contributed by atoms with Gasteiger partial charge < -0.3 is 19.7 Å². The summed E-state index contributed by atoms with van der Waals surface area (Å²) in [4.78, 5) is 14.6. The summed E-state index contributed by atoms with van der Waals surface area (Å²) in [7, 11) is -0.434. The number of hydrogen-bond donors (Lipinski definition) is 1. The fourth-order valence-corrected chi connectivity index (χ4v) is 6.31. The van der Waals surface area contributed by atoms with Crippen LogP contribution in [0.2, 0.25) is 0 Å². The summed E-state index contributed by atoms with van der Waals surface area (Å²) < 4.78 is 38.4. The number of hydrogen-bond acceptors (Lipinski definition) is 9. The molecule has 39 heavy (non-hydrogen) atoms. The van der Waals surface area contributed by atoms with Crippen LogP contribution in [0.15, 0.2) is 70.5 Å². The zero-order valence-corrected chi connectivity index (χ0v) is 23.8. The second-order valence-corrected chi connectivity index (χ2v) is 11.7. The van der Waals surface area contributed by atoms with E-state index >= 15 is 0 Å². The Morgan fingerprint density at radius 2 is 1.64 bits per heavy atom. The van der Waals surface area contributed by atoms with Crippen LogP contribution >= 0.6 is 11.8 Å². The predicted molar refractivity (Wildman–Crippen MR) is 154 cm³/mol. The van der Waals surface area contributed by atoms with Crippen molar-refractivity contribution in [3.8, 4) is 11.5 Å². The third kappa shape index (κ3) is 6.57. The third-order valence-corrected chi connectivity index (χ3v) is 9.31. The lowest BCUT2D eigenvalue weighted by Crippen LogP contribution is -2.48. The number of nitro benzene ring substituents is 1. The summed E-state index contributed by atoms with van der Waals surface area (Å²) in [6.07, 6.45) is 2.57. The summed E-state index contributed by atoms with van der Waals surface area (Å²) in [6.45, 7) is 2.08. The van der Waals surface area contributed by atoms with E-state index in [4.69, 9.17) is 9.47 Å². The molecule has 1 aliphatic heterocycles. The van der Waals surface area contributed by atoms with Gasteiger partial charge >= 0.3 is 0 Å². The Balaban J connectivity index is 1.42. The minimum absolute atomic E-state index is 0.0130. The van der Waals surface area contributed by atoms with Crippen LogP contribution in [-0.4, -0.2) is 70.8 Å². The third-order valence-electron chi connectivity index (χ3n) is 6.65. The lowest BCUT2D eigenvalue weighted by Gasteiger charge is -2.35. The van der Waals surface area contributed by atoms with Gasteiger partial charge in [0.05, 0.1) is 24.0 Å². The van der Waals surface area contributed by atoms with Crippen LogP contribution in [0.3, 0.4) is 0 Å². The van der Waals surface area contributed by atoms with E-state index in [-0.39, 0.29) is 10.6 Å². The first-order valence-corrected chi connectivity index (χ1v) is 15.1. The van der Waals surface area contributed by atoms with Crippen molar-refractivity contribution in [1.82, 2.24) is 4.31 Å². The molecule has 10 nitrogen and oxygen atoms in total. The van der Waals surface area contributed by atoms with Gasteiger partial charge in [-0.15, -0.1) is 11.8 Å². The van der Waals surface area contributed by atoms with Crippen molar-refractivity contribution in [1.29, 1.82) is 0 Å². The lowest BCUT2D eigenvalue weighted by atomic mass is 10.1. The van der Waals surface area contributed by atoms with Crippen LogP contribution in [0.1, 0.15) is 5.56 Å². The SMILES string of the molecule is COc1ccc(CCNc2cc(N3CCN(S(=O)(=O)c4ccc(SC)cc4)CC3)ccc2[N+](=O)[O-])cc1OC. The van der Waals surface area contributed by atoms with E-state index in [0.717, 1.165) is 16.1 Å². The van der Waals surface area contributed by atoms with Crippen molar-refractivity contribution < 1.29 is 22.8 Å². The van der Waals surface area contributed by atoms with Gasteiger partial charge in [0, 0.05) is 49.4 Å². The number of thioether (sulfide) groups is 1. The molecule has 1 N–H and O–H groups in total. The molecule has 3 aromatic carbocycles. The summed E-state index contributed by atoms with van der Waals surface area (Å²) in [6, 6.07) is 17.5. The number of ether oxygens (including phenoxy) is 2. The normalized spacial score (nSPS) is 14.2. The molecular formula is C27H32N4O6S2. The minimum Gasteiger partial charge on any atom is -0.493 e. The molecule has 1 saturated heterocycles. The van der Waals surface area contributed by atoms with Crippen LogP contribution in [0.5, 0.6) is 11.5 Å². The van der Waals surface area contributed by atoms with Crippen LogP contribution in [-0.2, 0) is 16.4 Å². The molecule has 3 aromatic rings. The smallest absolute Gasteiger partial charge is 0.292 e. The van der Waals surface area contributed by atoms with Crippen LogP contribution < -0.4 is 19.7 Å². The van der Waals surface area contributed by atoms with Gasteiger partial charge in [0.25, 0.3) is 5.69 Å². The Labute approximate surface area is 233 Å². The molecular weight excluding hydrogens is 540 g/mol. The van der Waals surface area contributed by atoms with Gasteiger partial charge in [0.1, 0.15) is 5.69 Å². The number of nitrogens with zero attached hydrogens (tertiary/aromatic N) is 3. The number of nitrogens with one attached hydrogen (secondary N) is 1. The molecule has 208 valence electrons. The number of benzene rings is 3. The van der Waals surface area contributed by atoms with Crippen molar-refractivity contribution >= 4 is 38.8 Å². The number of piperazine rings is 1. The number of methoxy groups -OCH3 is 2. The maximum Gasteiger partial charge on any atom is 0.292 e. The molecule has 0 spiro atoms. The van der Waals surface area contributed by atoms with Gasteiger partial charge in [0.15, 0.2) is 11.5 Å². The number of anilines is 2. The van der Waals surface area contributed by atoms with E-state index in [2.05, 4.69) is 5.32 Å². The molecule has 1 fully saturated rings. The predicted octanol–water partition coefficient (Wildman–Crippen LogP) is 4.50. The average molecular weight is 573 g/mol. The molecule has 1 heterocycles. The highest BCUT2D eigenvalue weighted by Gasteiger charge is 2.29. The van der Waals surface area contributed by atoms with Crippen LogP contribution in [0.25, 0.3) is 0 Å². The monoisotopic (exact) mass is 572 g/mol. The Kier molecular flexibility index (Phi) is 9.20. The average Bonchev–Trinajstić information content (AvgIpc) is 2.97. The number of rotatable bonds is 11. The number of nitro groups is 1. The standard InChI is InChI=1S/C27H32N4O6S2/c1-36-26-11-4-20(18-27(26)37-2)12-13-28-24-19-21(5-10-25(24)31(32)33)29-14-16-30(17-15-29)39(34,35)23-8-6-22(38-3)7-9-23/h4-11,18-19,28H,12-17H2,1-3H3. The van der Waals surface area contributed by atoms with Gasteiger partial charge in [0.2, 0.25) is 10.0 Å². The van der Waals surface area contributed by atoms with Gasteiger partial charge in [-0.1, -0.05) is 6.07 Å². The zero-order valence-electron chi connectivity index (χ0n) is 22.1. The van der Waals surface area contributed by atoms with Gasteiger partial charge in [-0.2, -0.15) is 4.31 Å². The maximum absolute atomic E-state index is 13.1. The first kappa shape index (κ1) is 28.5. The second kappa shape index (κ2) is 12.6. The highest BCUT2D eigenvalue weighted by molar-refractivity contribution is 7.98. The van der Waals surface area contributed by atoms with Gasteiger partial charge in [-0.3, -0.25) is 10.1 Å². The van der Waals surface area contributed by atoms with E-state index in [1.807, 2.05) is 41.5 Å². The lowest BCUT2D eigenvalue weighted by molar-refractivity contribution is -0.383. The van der Waals surface area contributed by atoms with Crippen molar-refractivity contribution in [3.05, 3.63) is 76.3 Å². The molecule has 0 unspecified atom stereocenters. The highest BCUT2D eigenvalue weighted by atomic mass is 32.2. The molecule has 4 rings (SSSR count). The second-order valence-electron chi connectivity index (χ2n) is 8.89. The van der Waals surface area contributed by atoms with Crippen molar-refractivity contribution in [3.63, 3.8) is 0 Å². The largest absolute Gasteiger partial charge is 0.493 e. The molecule has 0 bridgehead atoms. The van der Waals surface area contributed by atoms with E-state index < -0.39 is 14.9 Å². The Morgan fingerprint density at radius 3 is 2.26 bits per heavy atom. The maximum atomic E-state index is 13.1. The van der Waals surface area contributed by atoms with E-state index in [9.17, 15) is 18.5 Å². The molecule has 0 saturated carbocycles. The Hall–Kier alpha value is -3.48. The first-order chi connectivity index (χ1) is 18.8. The van der Waals surface area contributed by atoms with E-state index in [0.29, 0.717) is 56.3 Å². The summed E-state index contributed by atoms with van der Waals surface area (Å²) in [5.41, 5.74) is 2.21. The van der Waals surface area contributed by atoms with Crippen molar-refractivity contribution in [2.24, 2.45) is 0 Å². The van der Waals surface area contributed by atoms with Crippen LogP contribution in [0, 0.1) is 10.1 Å². The summed E-state index contributed by atoms with van der Waals surface area (Å²) in [5, 5.41) is 14.9. The molecule has 12 heteroatoms. The van der Waals surface area contributed by atoms with Gasteiger partial charge in [-0.25, -0.2) is 8.42 Å². The molecule has 0 atom stereocenters.